The third-order valence-electron chi connectivity index (χ3n) is 3.33. The van der Waals surface area contributed by atoms with Crippen molar-refractivity contribution in [3.8, 4) is 0 Å². The van der Waals surface area contributed by atoms with Gasteiger partial charge in [-0.3, -0.25) is 4.79 Å². The number of nitrogens with two attached hydrogens (primary N) is 1. The Morgan fingerprint density at radius 2 is 1.88 bits per heavy atom. The van der Waals surface area contributed by atoms with Gasteiger partial charge >= 0.3 is 11.7 Å². The zero-order valence-electron chi connectivity index (χ0n) is 13.2. The summed E-state index contributed by atoms with van der Waals surface area (Å²) in [7, 11) is 0. The first kappa shape index (κ1) is 19.3. The summed E-state index contributed by atoms with van der Waals surface area (Å²) in [5, 5.41) is 2.49. The molecule has 25 heavy (non-hydrogen) atoms. The Morgan fingerprint density at radius 1 is 1.20 bits per heavy atom. The molecule has 0 bridgehead atoms. The van der Waals surface area contributed by atoms with E-state index < -0.39 is 18.5 Å². The molecule has 0 aliphatic rings. The number of H-pyrrole nitrogens is 1. The summed E-state index contributed by atoms with van der Waals surface area (Å²) in [6.07, 6.45) is 0.753. The van der Waals surface area contributed by atoms with Gasteiger partial charge in [0.1, 0.15) is 10.0 Å². The van der Waals surface area contributed by atoms with Crippen molar-refractivity contribution in [3.05, 3.63) is 50.7 Å². The first-order valence-corrected chi connectivity index (χ1v) is 8.38. The average molecular weight is 404 g/mol. The summed E-state index contributed by atoms with van der Waals surface area (Å²) in [4.78, 5) is 26.6. The van der Waals surface area contributed by atoms with Crippen LogP contribution in [-0.4, -0.2) is 18.5 Å². The topological polar surface area (TPSA) is 95.6 Å². The van der Waals surface area contributed by atoms with E-state index in [-0.39, 0.29) is 26.6 Å². The van der Waals surface area contributed by atoms with Crippen molar-refractivity contribution in [1.82, 2.24) is 0 Å². The molecule has 9 heteroatoms. The van der Waals surface area contributed by atoms with Gasteiger partial charge in [-0.05, 0) is 29.7 Å². The van der Waals surface area contributed by atoms with E-state index in [1.165, 1.54) is 0 Å². The van der Waals surface area contributed by atoms with Gasteiger partial charge in [0.25, 0.3) is 11.1 Å². The van der Waals surface area contributed by atoms with E-state index in [0.717, 1.165) is 12.0 Å². The van der Waals surface area contributed by atoms with Crippen LogP contribution >= 0.6 is 34.8 Å². The minimum atomic E-state index is -0.880. The van der Waals surface area contributed by atoms with Gasteiger partial charge in [-0.15, -0.1) is 0 Å². The smallest absolute Gasteiger partial charge is 0.405 e. The predicted octanol–water partition coefficient (Wildman–Crippen LogP) is 3.40. The van der Waals surface area contributed by atoms with Gasteiger partial charge in [0.2, 0.25) is 0 Å². The highest BCUT2D eigenvalue weighted by atomic mass is 35.5. The van der Waals surface area contributed by atoms with Gasteiger partial charge in [0, 0.05) is 5.69 Å². The van der Waals surface area contributed by atoms with E-state index in [1.807, 2.05) is 19.1 Å². The Morgan fingerprint density at radius 3 is 2.56 bits per heavy atom. The number of aromatic nitrogens is 1. The third kappa shape index (κ3) is 4.54. The van der Waals surface area contributed by atoms with Crippen LogP contribution in [0.25, 0.3) is 0 Å². The normalized spacial score (nSPS) is 10.4. The molecule has 1 heterocycles. The van der Waals surface area contributed by atoms with Crippen LogP contribution in [0.4, 0.5) is 11.4 Å². The van der Waals surface area contributed by atoms with Crippen molar-refractivity contribution < 1.29 is 19.3 Å². The molecule has 0 spiro atoms. The molecule has 0 aliphatic carbocycles. The first-order chi connectivity index (χ1) is 11.8. The number of nitrogens with one attached hydrogen (secondary N) is 2. The highest BCUT2D eigenvalue weighted by molar-refractivity contribution is 6.45. The number of hydrogen-bond acceptors (Lipinski definition) is 4. The standard InChI is InChI=1S/C16H14Cl3N3O3/c1-2-8-5-3-4-6-9(8)21-10(23)7-25-16(24)14-11(17)13(20)12(18)15(19)22-14/h3-6H,2,7H2,1H3,(H2,20,22)(H,21,23)/p+1. The highest BCUT2D eigenvalue weighted by Gasteiger charge is 2.27. The lowest BCUT2D eigenvalue weighted by atomic mass is 10.1. The van der Waals surface area contributed by atoms with Crippen molar-refractivity contribution >= 4 is 58.1 Å². The molecule has 1 aromatic heterocycles. The molecule has 1 amide bonds. The van der Waals surface area contributed by atoms with Crippen molar-refractivity contribution in [2.45, 2.75) is 13.3 Å². The molecule has 0 atom stereocenters. The van der Waals surface area contributed by atoms with Crippen LogP contribution < -0.4 is 16.0 Å². The number of ether oxygens (including phenoxy) is 1. The van der Waals surface area contributed by atoms with Gasteiger partial charge in [-0.25, -0.2) is 4.79 Å². The van der Waals surface area contributed by atoms with E-state index >= 15 is 0 Å². The zero-order chi connectivity index (χ0) is 18.6. The number of rotatable bonds is 5. The average Bonchev–Trinajstić information content (AvgIpc) is 2.61. The molecule has 6 nitrogen and oxygen atoms in total. The van der Waals surface area contributed by atoms with Crippen molar-refractivity contribution in [3.63, 3.8) is 0 Å². The number of aromatic amines is 1. The van der Waals surface area contributed by atoms with Gasteiger partial charge in [-0.2, -0.15) is 4.98 Å². The first-order valence-electron chi connectivity index (χ1n) is 7.25. The van der Waals surface area contributed by atoms with E-state index in [2.05, 4.69) is 10.3 Å². The number of benzene rings is 1. The summed E-state index contributed by atoms with van der Waals surface area (Å²) < 4.78 is 4.94. The number of carbonyl (C=O) groups is 2. The molecule has 0 unspecified atom stereocenters. The number of carbonyl (C=O) groups excluding carboxylic acids is 2. The van der Waals surface area contributed by atoms with Crippen LogP contribution in [0.2, 0.25) is 15.2 Å². The maximum Gasteiger partial charge on any atom is 0.405 e. The minimum Gasteiger partial charge on any atom is -0.448 e. The van der Waals surface area contributed by atoms with E-state index in [1.54, 1.807) is 12.1 Å². The maximum absolute atomic E-state index is 12.1. The summed E-state index contributed by atoms with van der Waals surface area (Å²) >= 11 is 17.6. The van der Waals surface area contributed by atoms with Crippen LogP contribution in [0.1, 0.15) is 23.0 Å². The molecule has 0 radical (unpaired) electrons. The Balaban J connectivity index is 2.04. The zero-order valence-corrected chi connectivity index (χ0v) is 15.4. The maximum atomic E-state index is 12.1. The summed E-state index contributed by atoms with van der Waals surface area (Å²) in [5.41, 5.74) is 7.05. The number of hydrogen-bond donors (Lipinski definition) is 2. The number of halogens is 3. The Kier molecular flexibility index (Phi) is 6.47. The Hall–Kier alpha value is -2.02. The van der Waals surface area contributed by atoms with Crippen LogP contribution in [0, 0.1) is 0 Å². The molecular formula is C16H15Cl3N3O3+. The Labute approximate surface area is 159 Å². The molecular weight excluding hydrogens is 389 g/mol. The number of nitrogen functional groups attached to an aromatic ring is 1. The molecule has 2 rings (SSSR count). The number of anilines is 2. The quantitative estimate of drug-likeness (QED) is 0.591. The van der Waals surface area contributed by atoms with E-state index in [9.17, 15) is 9.59 Å². The molecule has 2 aromatic rings. The SMILES string of the molecule is CCc1ccccc1NC(=O)COC(=O)c1[nH+]c(Cl)c(Cl)c(N)c1Cl. The van der Waals surface area contributed by atoms with Crippen LogP contribution in [0.3, 0.4) is 0 Å². The molecule has 0 saturated heterocycles. The number of pyridine rings is 1. The van der Waals surface area contributed by atoms with E-state index in [0.29, 0.717) is 5.69 Å². The van der Waals surface area contributed by atoms with E-state index in [4.69, 9.17) is 45.3 Å². The predicted molar refractivity (Wildman–Crippen MR) is 97.2 cm³/mol. The monoisotopic (exact) mass is 402 g/mol. The summed E-state index contributed by atoms with van der Waals surface area (Å²) in [6.45, 7) is 1.47. The van der Waals surface area contributed by atoms with Gasteiger partial charge in [-0.1, -0.05) is 48.3 Å². The van der Waals surface area contributed by atoms with Gasteiger partial charge in [0.05, 0.1) is 5.69 Å². The van der Waals surface area contributed by atoms with Crippen molar-refractivity contribution in [2.24, 2.45) is 0 Å². The third-order valence-corrected chi connectivity index (χ3v) is 4.50. The molecule has 132 valence electrons. The molecule has 4 N–H and O–H groups in total. The lowest BCUT2D eigenvalue weighted by molar-refractivity contribution is -0.380. The number of esters is 1. The fourth-order valence-corrected chi connectivity index (χ4v) is 2.65. The summed E-state index contributed by atoms with van der Waals surface area (Å²) in [5.74, 6) is -1.37. The minimum absolute atomic E-state index is 0.00266. The molecule has 0 fully saturated rings. The second kappa shape index (κ2) is 8.38. The lowest BCUT2D eigenvalue weighted by Crippen LogP contribution is -2.26. The fourth-order valence-electron chi connectivity index (χ4n) is 2.05. The van der Waals surface area contributed by atoms with Crippen LogP contribution in [0.15, 0.2) is 24.3 Å². The lowest BCUT2D eigenvalue weighted by Gasteiger charge is -2.09. The second-order valence-electron chi connectivity index (χ2n) is 4.99. The largest absolute Gasteiger partial charge is 0.448 e. The second-order valence-corrected chi connectivity index (χ2v) is 6.12. The van der Waals surface area contributed by atoms with Crippen molar-refractivity contribution in [1.29, 1.82) is 0 Å². The summed E-state index contributed by atoms with van der Waals surface area (Å²) in [6, 6.07) is 7.34. The van der Waals surface area contributed by atoms with Crippen LogP contribution in [-0.2, 0) is 16.0 Å². The number of aryl methyl sites for hydroxylation is 1. The Bertz CT molecular complexity index is 828. The fraction of sp³-hybridized carbons (Fsp3) is 0.188. The molecule has 1 aromatic carbocycles. The molecule has 0 saturated carbocycles. The highest BCUT2D eigenvalue weighted by Crippen LogP contribution is 2.32. The van der Waals surface area contributed by atoms with Gasteiger partial charge < -0.3 is 15.8 Å². The van der Waals surface area contributed by atoms with Gasteiger partial charge in [0.15, 0.2) is 6.61 Å². The van der Waals surface area contributed by atoms with Crippen molar-refractivity contribution in [2.75, 3.05) is 17.7 Å². The number of amides is 1. The number of para-hydroxylation sites is 1. The molecule has 0 aliphatic heterocycles. The van der Waals surface area contributed by atoms with Crippen LogP contribution in [0.5, 0.6) is 0 Å².